The molecule has 0 radical (unpaired) electrons. The van der Waals surface area contributed by atoms with Crippen LogP contribution < -0.4 is 55.3 Å². The molecule has 0 unspecified atom stereocenters. The van der Waals surface area contributed by atoms with Crippen molar-refractivity contribution in [2.45, 2.75) is 171 Å². The summed E-state index contributed by atoms with van der Waals surface area (Å²) in [5.74, 6) is 2.32. The van der Waals surface area contributed by atoms with E-state index in [0.29, 0.717) is 52.6 Å². The van der Waals surface area contributed by atoms with Gasteiger partial charge in [-0.3, -0.25) is 4.98 Å². The van der Waals surface area contributed by atoms with Crippen molar-refractivity contribution in [2.75, 3.05) is 33.3 Å². The van der Waals surface area contributed by atoms with Gasteiger partial charge in [0, 0.05) is 119 Å². The molecule has 15 N–H and O–H groups in total. The predicted octanol–water partition coefficient (Wildman–Crippen LogP) is 22.7. The van der Waals surface area contributed by atoms with Gasteiger partial charge in [0.2, 0.25) is 0 Å². The van der Waals surface area contributed by atoms with Crippen LogP contribution in [0, 0.1) is 47.5 Å². The molecule has 113 heavy (non-hydrogen) atoms. The first-order chi connectivity index (χ1) is 54.2. The van der Waals surface area contributed by atoms with E-state index in [9.17, 15) is 4.39 Å². The first kappa shape index (κ1) is 86.8. The van der Waals surface area contributed by atoms with Gasteiger partial charge in [0.15, 0.2) is 0 Å². The van der Waals surface area contributed by atoms with Gasteiger partial charge in [-0.2, -0.15) is 0 Å². The minimum atomic E-state index is -0.536. The Bertz CT molecular complexity index is 5410. The van der Waals surface area contributed by atoms with Gasteiger partial charge in [0.25, 0.3) is 0 Å². The molecular weight excluding hydrogens is 1660 g/mol. The number of fused-ring (bicyclic) bond motifs is 5. The zero-order valence-electron chi connectivity index (χ0n) is 64.6. The lowest BCUT2D eigenvalue weighted by molar-refractivity contribution is 0.428. The molecule has 0 aliphatic rings. The average Bonchev–Trinajstić information content (AvgIpc) is 1.66. The first-order valence-corrected chi connectivity index (χ1v) is 45.0. The molecule has 15 aromatic heterocycles. The van der Waals surface area contributed by atoms with Crippen molar-refractivity contribution in [2.24, 2.45) is 34.6 Å². The molecule has 0 fully saturated rings. The summed E-state index contributed by atoms with van der Waals surface area (Å²) >= 11 is 38.4. The molecule has 15 heterocycles. The van der Waals surface area contributed by atoms with Gasteiger partial charge < -0.3 is 64.1 Å². The molecule has 19 nitrogen and oxygen atoms in total. The second-order valence-corrected chi connectivity index (χ2v) is 38.1. The lowest BCUT2D eigenvalue weighted by Crippen LogP contribution is -2.24. The van der Waals surface area contributed by atoms with Gasteiger partial charge in [-0.1, -0.05) is 66.3 Å². The molecule has 15 rings (SSSR count). The molecule has 0 aliphatic heterocycles. The molecule has 0 saturated heterocycles. The SMILES string of the molecule is Cc1c(C[C@@H](N)CC(C)C)sc2c(NCc3ccco3)cc(Cl)nc12.Cc1c(C[C@@H](N)CF)sc2c(NCc3ccco3)cc(Cl)nc12.Cc1c(C[C@H](C)N)sc2c(NCc3nccs3)cc(Cl)nc12.Cc1c([C@@H](C)N)sc2c(NCc3cccs3)cc(Cl)nc12.Cc1cc(NCc2nccs2)c2sc(C[C@H](C)N)c(C)c2n1. The van der Waals surface area contributed by atoms with Gasteiger partial charge in [-0.25, -0.2) is 34.3 Å². The van der Waals surface area contributed by atoms with Crippen LogP contribution in [0.3, 0.4) is 0 Å². The predicted molar refractivity (Wildman–Crippen MR) is 485 cm³/mol. The second-order valence-electron chi connectivity index (χ2n) is 28.1. The van der Waals surface area contributed by atoms with E-state index >= 15 is 0 Å². The zero-order chi connectivity index (χ0) is 80.7. The number of aromatic nitrogens is 7. The summed E-state index contributed by atoms with van der Waals surface area (Å²) in [5.41, 5.74) is 46.7. The number of halogens is 5. The van der Waals surface area contributed by atoms with Gasteiger partial charge in [0.05, 0.1) is 118 Å². The van der Waals surface area contributed by atoms with Crippen LogP contribution in [0.2, 0.25) is 20.6 Å². The van der Waals surface area contributed by atoms with Crippen molar-refractivity contribution in [1.82, 2.24) is 34.9 Å². The maximum atomic E-state index is 12.7. The van der Waals surface area contributed by atoms with Gasteiger partial charge in [-0.15, -0.1) is 90.7 Å². The van der Waals surface area contributed by atoms with Crippen LogP contribution in [0.5, 0.6) is 0 Å². The number of nitrogens with zero attached hydrogens (tertiary/aromatic N) is 7. The van der Waals surface area contributed by atoms with E-state index in [0.717, 1.165) is 157 Å². The Labute approximate surface area is 710 Å². The number of pyridine rings is 5. The van der Waals surface area contributed by atoms with Gasteiger partial charge in [0.1, 0.15) is 48.8 Å². The Kier molecular flexibility index (Phi) is 31.3. The summed E-state index contributed by atoms with van der Waals surface area (Å²) < 4.78 is 29.0. The molecule has 0 amide bonds. The Morgan fingerprint density at radius 1 is 0.425 bits per heavy atom. The topological polar surface area (TPSA) is 307 Å². The van der Waals surface area contributed by atoms with E-state index in [1.54, 1.807) is 109 Å². The number of furan rings is 2. The van der Waals surface area contributed by atoms with Crippen molar-refractivity contribution in [3.63, 3.8) is 0 Å². The molecular formula is C81H94Cl4FN17O2S8. The van der Waals surface area contributed by atoms with E-state index in [4.69, 9.17) is 88.9 Å². The number of alkyl halides is 1. The smallest absolute Gasteiger partial charge is 0.131 e. The first-order valence-electron chi connectivity index (χ1n) is 36.8. The maximum absolute atomic E-state index is 12.7. The second kappa shape index (κ2) is 40.7. The summed E-state index contributed by atoms with van der Waals surface area (Å²) in [7, 11) is 0. The minimum Gasteiger partial charge on any atom is -0.467 e. The summed E-state index contributed by atoms with van der Waals surface area (Å²) in [5, 5.41) is 27.3. The van der Waals surface area contributed by atoms with Crippen LogP contribution in [0.4, 0.5) is 32.8 Å². The molecule has 0 bridgehead atoms. The highest BCUT2D eigenvalue weighted by molar-refractivity contribution is 7.21. The van der Waals surface area contributed by atoms with Crippen LogP contribution in [0.25, 0.3) is 51.1 Å². The van der Waals surface area contributed by atoms with Gasteiger partial charge >= 0.3 is 0 Å². The zero-order valence-corrected chi connectivity index (χ0v) is 74.2. The van der Waals surface area contributed by atoms with Crippen molar-refractivity contribution in [3.8, 4) is 0 Å². The summed E-state index contributed by atoms with van der Waals surface area (Å²) in [6.07, 6.45) is 11.1. The van der Waals surface area contributed by atoms with Crippen molar-refractivity contribution in [1.29, 1.82) is 0 Å². The fourth-order valence-corrected chi connectivity index (χ4v) is 21.7. The number of thiophene rings is 6. The van der Waals surface area contributed by atoms with E-state index in [1.165, 1.54) is 45.8 Å². The normalized spacial score (nSPS) is 12.8. The third-order valence-electron chi connectivity index (χ3n) is 18.0. The number of nitrogens with one attached hydrogen (secondary N) is 5. The quantitative estimate of drug-likeness (QED) is 0.0214. The minimum absolute atomic E-state index is 0.00752. The third kappa shape index (κ3) is 23.2. The monoisotopic (exact) mass is 1750 g/mol. The summed E-state index contributed by atoms with van der Waals surface area (Å²) in [4.78, 5) is 38.6. The Morgan fingerprint density at radius 3 is 1.17 bits per heavy atom. The molecule has 0 spiro atoms. The van der Waals surface area contributed by atoms with Crippen LogP contribution >= 0.6 is 137 Å². The largest absolute Gasteiger partial charge is 0.467 e. The molecule has 32 heteroatoms. The molecule has 0 aliphatic carbocycles. The Morgan fingerprint density at radius 2 is 0.805 bits per heavy atom. The number of aryl methyl sites for hydroxylation is 6. The highest BCUT2D eigenvalue weighted by Crippen LogP contribution is 2.43. The molecule has 0 saturated carbocycles. The molecule has 598 valence electrons. The van der Waals surface area contributed by atoms with Crippen LogP contribution in [0.15, 0.2) is 117 Å². The van der Waals surface area contributed by atoms with E-state index in [2.05, 4.69) is 122 Å². The van der Waals surface area contributed by atoms with Crippen molar-refractivity contribution in [3.05, 3.63) is 213 Å². The highest BCUT2D eigenvalue weighted by Gasteiger charge is 2.23. The molecule has 5 atom stereocenters. The number of hydrogen-bond donors (Lipinski definition) is 10. The molecule has 0 aromatic carbocycles. The summed E-state index contributed by atoms with van der Waals surface area (Å²) in [6.45, 7) is 25.7. The number of rotatable bonds is 27. The van der Waals surface area contributed by atoms with Crippen molar-refractivity contribution >= 4 is 217 Å². The maximum Gasteiger partial charge on any atom is 0.131 e. The fourth-order valence-electron chi connectivity index (χ4n) is 12.6. The number of thiazole rings is 2. The van der Waals surface area contributed by atoms with Crippen LogP contribution in [0.1, 0.15) is 131 Å². The lowest BCUT2D eigenvalue weighted by atomic mass is 10.0. The van der Waals surface area contributed by atoms with E-state index < -0.39 is 12.7 Å². The lowest BCUT2D eigenvalue weighted by Gasteiger charge is -2.13. The van der Waals surface area contributed by atoms with E-state index in [-0.39, 0.29) is 24.2 Å². The number of anilines is 5. The Balaban J connectivity index is 0.000000140. The fraction of sp³-hybridized carbons (Fsp3) is 0.346. The number of nitrogens with two attached hydrogens (primary N) is 5. The Hall–Kier alpha value is -7.04. The highest BCUT2D eigenvalue weighted by atomic mass is 35.5. The van der Waals surface area contributed by atoms with Crippen LogP contribution in [-0.2, 0) is 58.4 Å². The van der Waals surface area contributed by atoms with Crippen molar-refractivity contribution < 1.29 is 13.2 Å². The number of hydrogen-bond acceptors (Lipinski definition) is 27. The molecule has 15 aromatic rings. The average molecular weight is 1760 g/mol. The summed E-state index contributed by atoms with van der Waals surface area (Å²) in [6, 6.07) is 21.3. The van der Waals surface area contributed by atoms with E-state index in [1.807, 2.05) is 100 Å². The van der Waals surface area contributed by atoms with Gasteiger partial charge in [-0.05, 0) is 170 Å². The standard InChI is InChI=1S/C19H24ClN3OS.C16H17ClFN3OS.C16H20N4S2.C15H17ClN4S2.C15H16ClN3S2/c1-11(2)7-13(21)8-16-12(3)18-19(25-16)15(9-17(20)23-18)22-10-14-5-4-6-24-14;1-9-13(5-10(19)7-18)23-16-12(6-14(17)21-15(9)16)20-8-11-3-2-4-22-11;1-9(17)6-13-11(3)15-16(22-13)12(7-10(2)20-15)19-8-14-18-4-5-21-14;1-8(17)5-11-9(2)14-15(22-11)10(6-12(16)20-14)19-7-13-18-3-4-21-13;1-8-13-15(21-14(8)9(2)17)11(6-12(16)19-13)18-7-10-4-3-5-20-10/h4-6,9,11,13H,7-8,10,21H2,1-3H3,(H,22,23);2-4,6,10H,5,7-8,19H2,1H3,(H,20,21);4-5,7,9H,6,8,17H2,1-3H3,(H,19,20);3-4,6,8H,5,7,17H2,1-2H3,(H,19,20);3-6,9H,7,17H2,1-2H3,(H,18,19)/t13-;10-;9-;8-;9-/m01001/s1. The third-order valence-corrected chi connectivity index (χ3v) is 28.1. The van der Waals surface area contributed by atoms with Crippen LogP contribution in [-0.4, -0.2) is 65.7 Å².